The molecule has 24 heavy (non-hydrogen) atoms. The Morgan fingerprint density at radius 2 is 1.17 bits per heavy atom. The first-order chi connectivity index (χ1) is 11.8. The molecule has 0 aromatic rings. The second-order valence-electron chi connectivity index (χ2n) is 10.0. The first-order valence-corrected chi connectivity index (χ1v) is 11.6. The van der Waals surface area contributed by atoms with Gasteiger partial charge in [0.1, 0.15) is 0 Å². The summed E-state index contributed by atoms with van der Waals surface area (Å²) in [5.41, 5.74) is 0. The SMILES string of the molecule is CC1CCC(C2CCC(NC3CCCC4CCCCC43)CC2)CC1. The van der Waals surface area contributed by atoms with E-state index in [1.165, 1.54) is 96.3 Å². The maximum Gasteiger partial charge on any atom is 0.0101 e. The highest BCUT2D eigenvalue weighted by Crippen LogP contribution is 2.43. The lowest BCUT2D eigenvalue weighted by atomic mass is 9.67. The molecule has 4 aliphatic carbocycles. The molecule has 138 valence electrons. The van der Waals surface area contributed by atoms with Crippen LogP contribution in [0.4, 0.5) is 0 Å². The van der Waals surface area contributed by atoms with E-state index in [2.05, 4.69) is 12.2 Å². The lowest BCUT2D eigenvalue weighted by Gasteiger charge is -2.44. The standard InChI is InChI=1S/C23H41N/c1-17-9-11-18(12-10-17)19-13-15-21(16-14-19)24-23-8-4-6-20-5-2-3-7-22(20)23/h17-24H,2-16H2,1H3. The number of rotatable bonds is 3. The highest BCUT2D eigenvalue weighted by Gasteiger charge is 2.37. The fraction of sp³-hybridized carbons (Fsp3) is 1.00. The number of nitrogens with one attached hydrogen (secondary N) is 1. The van der Waals surface area contributed by atoms with E-state index in [0.717, 1.165) is 41.7 Å². The molecule has 1 N–H and O–H groups in total. The molecule has 4 saturated carbocycles. The van der Waals surface area contributed by atoms with Crippen molar-refractivity contribution in [1.29, 1.82) is 0 Å². The molecule has 0 saturated heterocycles. The molecule has 0 radical (unpaired) electrons. The van der Waals surface area contributed by atoms with Crippen LogP contribution in [-0.4, -0.2) is 12.1 Å². The van der Waals surface area contributed by atoms with Gasteiger partial charge in [-0.25, -0.2) is 0 Å². The zero-order valence-electron chi connectivity index (χ0n) is 16.1. The molecule has 4 fully saturated rings. The second kappa shape index (κ2) is 8.11. The van der Waals surface area contributed by atoms with E-state index < -0.39 is 0 Å². The zero-order chi connectivity index (χ0) is 16.4. The molecule has 4 rings (SSSR count). The van der Waals surface area contributed by atoms with E-state index in [4.69, 9.17) is 0 Å². The molecule has 0 bridgehead atoms. The van der Waals surface area contributed by atoms with Crippen LogP contribution < -0.4 is 5.32 Å². The van der Waals surface area contributed by atoms with Gasteiger partial charge >= 0.3 is 0 Å². The molecule has 0 aromatic heterocycles. The predicted octanol–water partition coefficient (Wildman–Crippen LogP) is 6.32. The Hall–Kier alpha value is -0.0400. The molecule has 4 aliphatic rings. The van der Waals surface area contributed by atoms with Crippen LogP contribution in [0.3, 0.4) is 0 Å². The van der Waals surface area contributed by atoms with Crippen LogP contribution in [0.25, 0.3) is 0 Å². The van der Waals surface area contributed by atoms with E-state index in [0.29, 0.717) is 0 Å². The third kappa shape index (κ3) is 4.02. The van der Waals surface area contributed by atoms with Crippen LogP contribution in [0.15, 0.2) is 0 Å². The summed E-state index contributed by atoms with van der Waals surface area (Å²) in [7, 11) is 0. The maximum atomic E-state index is 4.19. The third-order valence-corrected chi connectivity index (χ3v) is 8.52. The van der Waals surface area contributed by atoms with Crippen molar-refractivity contribution in [3.8, 4) is 0 Å². The van der Waals surface area contributed by atoms with Crippen molar-refractivity contribution in [3.63, 3.8) is 0 Å². The van der Waals surface area contributed by atoms with Gasteiger partial charge in [0.2, 0.25) is 0 Å². The minimum Gasteiger partial charge on any atom is -0.311 e. The Labute approximate surface area is 150 Å². The molecule has 1 heteroatoms. The second-order valence-corrected chi connectivity index (χ2v) is 10.0. The van der Waals surface area contributed by atoms with E-state index in [1.807, 2.05) is 0 Å². The Balaban J connectivity index is 1.24. The highest BCUT2D eigenvalue weighted by molar-refractivity contribution is 4.92. The van der Waals surface area contributed by atoms with Crippen LogP contribution in [-0.2, 0) is 0 Å². The van der Waals surface area contributed by atoms with Crippen molar-refractivity contribution < 1.29 is 0 Å². The molecular formula is C23H41N. The quantitative estimate of drug-likeness (QED) is 0.638. The minimum atomic E-state index is 0.856. The van der Waals surface area contributed by atoms with Gasteiger partial charge < -0.3 is 5.32 Å². The Kier molecular flexibility index (Phi) is 5.87. The number of hydrogen-bond donors (Lipinski definition) is 1. The molecule has 0 aliphatic heterocycles. The molecule has 0 aromatic carbocycles. The van der Waals surface area contributed by atoms with Crippen LogP contribution in [0.2, 0.25) is 0 Å². The Morgan fingerprint density at radius 1 is 0.542 bits per heavy atom. The monoisotopic (exact) mass is 331 g/mol. The summed E-state index contributed by atoms with van der Waals surface area (Å²) in [5, 5.41) is 4.19. The van der Waals surface area contributed by atoms with Crippen molar-refractivity contribution in [2.24, 2.45) is 29.6 Å². The average Bonchev–Trinajstić information content (AvgIpc) is 2.63. The van der Waals surface area contributed by atoms with Crippen molar-refractivity contribution in [2.45, 2.75) is 115 Å². The van der Waals surface area contributed by atoms with Crippen molar-refractivity contribution >= 4 is 0 Å². The lowest BCUT2D eigenvalue weighted by molar-refractivity contribution is 0.102. The van der Waals surface area contributed by atoms with Crippen LogP contribution >= 0.6 is 0 Å². The Morgan fingerprint density at radius 3 is 1.92 bits per heavy atom. The summed E-state index contributed by atoms with van der Waals surface area (Å²) in [5.74, 6) is 5.27. The first-order valence-electron chi connectivity index (χ1n) is 11.6. The molecular weight excluding hydrogens is 290 g/mol. The largest absolute Gasteiger partial charge is 0.311 e. The number of fused-ring (bicyclic) bond motifs is 1. The van der Waals surface area contributed by atoms with Gasteiger partial charge in [0.25, 0.3) is 0 Å². The van der Waals surface area contributed by atoms with E-state index in [9.17, 15) is 0 Å². The van der Waals surface area contributed by atoms with Gasteiger partial charge in [0.15, 0.2) is 0 Å². The van der Waals surface area contributed by atoms with E-state index >= 15 is 0 Å². The molecule has 3 atom stereocenters. The summed E-state index contributed by atoms with van der Waals surface area (Å²) < 4.78 is 0. The fourth-order valence-electron chi connectivity index (χ4n) is 6.96. The van der Waals surface area contributed by atoms with Crippen LogP contribution in [0.1, 0.15) is 103 Å². The van der Waals surface area contributed by atoms with Crippen LogP contribution in [0.5, 0.6) is 0 Å². The van der Waals surface area contributed by atoms with Gasteiger partial charge in [0.05, 0.1) is 0 Å². The third-order valence-electron chi connectivity index (χ3n) is 8.52. The van der Waals surface area contributed by atoms with Crippen LogP contribution in [0, 0.1) is 29.6 Å². The smallest absolute Gasteiger partial charge is 0.0101 e. The first kappa shape index (κ1) is 17.4. The minimum absolute atomic E-state index is 0.856. The number of hydrogen-bond acceptors (Lipinski definition) is 1. The normalized spacial score (nSPS) is 47.1. The summed E-state index contributed by atoms with van der Waals surface area (Å²) in [6.07, 6.45) is 22.7. The summed E-state index contributed by atoms with van der Waals surface area (Å²) in [6.45, 7) is 2.46. The summed E-state index contributed by atoms with van der Waals surface area (Å²) in [6, 6.07) is 1.73. The molecule has 3 unspecified atom stereocenters. The van der Waals surface area contributed by atoms with Gasteiger partial charge in [-0.05, 0) is 81.0 Å². The highest BCUT2D eigenvalue weighted by atomic mass is 15.0. The topological polar surface area (TPSA) is 12.0 Å². The van der Waals surface area contributed by atoms with Gasteiger partial charge in [0, 0.05) is 12.1 Å². The molecule has 0 spiro atoms. The lowest BCUT2D eigenvalue weighted by Crippen LogP contribution is -2.49. The van der Waals surface area contributed by atoms with Gasteiger partial charge in [-0.3, -0.25) is 0 Å². The zero-order valence-corrected chi connectivity index (χ0v) is 16.1. The van der Waals surface area contributed by atoms with Crippen molar-refractivity contribution in [1.82, 2.24) is 5.32 Å². The maximum absolute atomic E-state index is 4.19. The van der Waals surface area contributed by atoms with Crippen molar-refractivity contribution in [3.05, 3.63) is 0 Å². The fourth-order valence-corrected chi connectivity index (χ4v) is 6.96. The predicted molar refractivity (Wildman–Crippen MR) is 103 cm³/mol. The van der Waals surface area contributed by atoms with Gasteiger partial charge in [-0.2, -0.15) is 0 Å². The molecule has 0 heterocycles. The van der Waals surface area contributed by atoms with E-state index in [-0.39, 0.29) is 0 Å². The van der Waals surface area contributed by atoms with Gasteiger partial charge in [-0.1, -0.05) is 51.9 Å². The molecule has 0 amide bonds. The summed E-state index contributed by atoms with van der Waals surface area (Å²) in [4.78, 5) is 0. The van der Waals surface area contributed by atoms with E-state index in [1.54, 1.807) is 0 Å². The Bertz CT molecular complexity index is 373. The van der Waals surface area contributed by atoms with Crippen molar-refractivity contribution in [2.75, 3.05) is 0 Å². The average molecular weight is 332 g/mol. The molecule has 1 nitrogen and oxygen atoms in total. The van der Waals surface area contributed by atoms with Gasteiger partial charge in [-0.15, -0.1) is 0 Å². The summed E-state index contributed by atoms with van der Waals surface area (Å²) >= 11 is 0.